The molecule has 3 aromatic rings. The Kier molecular flexibility index (Phi) is 6.17. The van der Waals surface area contributed by atoms with Crippen LogP contribution in [0, 0.1) is 15.1 Å². The predicted octanol–water partition coefficient (Wildman–Crippen LogP) is 4.34. The van der Waals surface area contributed by atoms with Crippen LogP contribution >= 0.6 is 22.6 Å². The van der Waals surface area contributed by atoms with Gasteiger partial charge in [-0.05, 0) is 63.6 Å². The second-order valence-electron chi connectivity index (χ2n) is 9.29. The number of anilines is 1. The molecule has 0 amide bonds. The maximum absolute atomic E-state index is 14.3. The van der Waals surface area contributed by atoms with Crippen molar-refractivity contribution in [1.82, 2.24) is 24.8 Å². The number of hydrogen-bond donors (Lipinski definition) is 2. The highest BCUT2D eigenvalue weighted by atomic mass is 127. The molecule has 0 aliphatic heterocycles. The fourth-order valence-corrected chi connectivity index (χ4v) is 4.72. The summed E-state index contributed by atoms with van der Waals surface area (Å²) in [5.41, 5.74) is 9.72. The van der Waals surface area contributed by atoms with Gasteiger partial charge in [0.05, 0.1) is 0 Å². The zero-order valence-corrected chi connectivity index (χ0v) is 20.1. The molecule has 1 aliphatic rings. The Hall–Kier alpha value is -1.88. The number of aryl methyl sites for hydroxylation is 1. The molecule has 0 radical (unpaired) electrons. The van der Waals surface area contributed by atoms with Gasteiger partial charge in [-0.2, -0.15) is 14.4 Å². The average Bonchev–Trinajstić information content (AvgIpc) is 3.19. The van der Waals surface area contributed by atoms with E-state index in [9.17, 15) is 8.78 Å². The van der Waals surface area contributed by atoms with Crippen LogP contribution in [-0.2, 0) is 19.4 Å². The summed E-state index contributed by atoms with van der Waals surface area (Å²) in [6.45, 7) is 8.57. The van der Waals surface area contributed by atoms with Gasteiger partial charge in [0.15, 0.2) is 17.0 Å². The van der Waals surface area contributed by atoms with Crippen LogP contribution in [0.1, 0.15) is 55.9 Å². The van der Waals surface area contributed by atoms with Crippen molar-refractivity contribution in [3.05, 3.63) is 44.3 Å². The van der Waals surface area contributed by atoms with Crippen molar-refractivity contribution in [2.45, 2.75) is 52.8 Å². The molecule has 0 saturated heterocycles. The number of alkyl halides is 1. The number of fused-ring (bicyclic) bond motifs is 2. The smallest absolute Gasteiger partial charge is 0.312 e. The zero-order chi connectivity index (χ0) is 22.3. The zero-order valence-electron chi connectivity index (χ0n) is 18.0. The van der Waals surface area contributed by atoms with E-state index in [1.54, 1.807) is 0 Å². The van der Waals surface area contributed by atoms with E-state index in [0.29, 0.717) is 42.9 Å². The Morgan fingerprint density at radius 3 is 2.77 bits per heavy atom. The lowest BCUT2D eigenvalue weighted by atomic mass is 9.97. The molecule has 1 aromatic carbocycles. The molecule has 9 heteroatoms. The monoisotopic (exact) mass is 540 g/mol. The van der Waals surface area contributed by atoms with Gasteiger partial charge in [-0.25, -0.2) is 9.37 Å². The van der Waals surface area contributed by atoms with Crippen molar-refractivity contribution in [3.8, 4) is 0 Å². The molecular formula is C22H27F2IN6. The largest absolute Gasteiger partial charge is 0.382 e. The van der Waals surface area contributed by atoms with Gasteiger partial charge in [-0.3, -0.25) is 0 Å². The molecule has 166 valence electrons. The molecule has 0 spiro atoms. The molecule has 3 N–H and O–H groups in total. The molecule has 0 saturated carbocycles. The molecule has 0 bridgehead atoms. The summed E-state index contributed by atoms with van der Waals surface area (Å²) in [6, 6.07) is 4.02. The topological polar surface area (TPSA) is 81.7 Å². The van der Waals surface area contributed by atoms with Crippen LogP contribution in [0.3, 0.4) is 0 Å². The van der Waals surface area contributed by atoms with Gasteiger partial charge in [0.2, 0.25) is 0 Å². The highest BCUT2D eigenvalue weighted by Gasteiger charge is 2.24. The quantitative estimate of drug-likeness (QED) is 0.276. The van der Waals surface area contributed by atoms with Gasteiger partial charge in [0.25, 0.3) is 0 Å². The molecule has 0 fully saturated rings. The molecule has 2 heterocycles. The van der Waals surface area contributed by atoms with E-state index in [4.69, 9.17) is 5.73 Å². The van der Waals surface area contributed by atoms with Crippen LogP contribution in [-0.4, -0.2) is 32.6 Å². The lowest BCUT2D eigenvalue weighted by Crippen LogP contribution is -2.30. The molecule has 1 aliphatic carbocycles. The van der Waals surface area contributed by atoms with E-state index in [1.165, 1.54) is 0 Å². The van der Waals surface area contributed by atoms with Gasteiger partial charge in [-0.1, -0.05) is 26.8 Å². The van der Waals surface area contributed by atoms with E-state index >= 15 is 0 Å². The van der Waals surface area contributed by atoms with Crippen molar-refractivity contribution in [1.29, 1.82) is 0 Å². The number of halogens is 3. The third-order valence-electron chi connectivity index (χ3n) is 5.50. The van der Waals surface area contributed by atoms with Crippen molar-refractivity contribution in [2.75, 3.05) is 18.8 Å². The van der Waals surface area contributed by atoms with Crippen molar-refractivity contribution in [2.24, 2.45) is 5.41 Å². The van der Waals surface area contributed by atoms with Crippen molar-refractivity contribution < 1.29 is 8.78 Å². The van der Waals surface area contributed by atoms with Gasteiger partial charge >= 0.3 is 6.08 Å². The second-order valence-corrected chi connectivity index (χ2v) is 10.5. The Labute approximate surface area is 194 Å². The average molecular weight is 540 g/mol. The fraction of sp³-hybridized carbons (Fsp3) is 0.500. The number of imidazole rings is 1. The summed E-state index contributed by atoms with van der Waals surface area (Å²) in [4.78, 5) is 12.2. The summed E-state index contributed by atoms with van der Waals surface area (Å²) >= 11 is 2.29. The molecule has 1 unspecified atom stereocenters. The lowest BCUT2D eigenvalue weighted by Gasteiger charge is -2.19. The first kappa shape index (κ1) is 22.3. The Bertz CT molecular complexity index is 1120. The first-order valence-electron chi connectivity index (χ1n) is 10.5. The number of benzene rings is 1. The van der Waals surface area contributed by atoms with E-state index in [0.717, 1.165) is 33.2 Å². The number of nitrogens with one attached hydrogen (secondary N) is 1. The van der Waals surface area contributed by atoms with Gasteiger partial charge < -0.3 is 15.6 Å². The number of nitrogen functional groups attached to an aromatic ring is 1. The normalized spacial score (nSPS) is 16.3. The maximum Gasteiger partial charge on any atom is 0.312 e. The van der Waals surface area contributed by atoms with Crippen molar-refractivity contribution in [3.63, 3.8) is 0 Å². The van der Waals surface area contributed by atoms with Crippen LogP contribution in [0.5, 0.6) is 0 Å². The highest BCUT2D eigenvalue weighted by Crippen LogP contribution is 2.36. The van der Waals surface area contributed by atoms with Crippen LogP contribution in [0.25, 0.3) is 11.2 Å². The highest BCUT2D eigenvalue weighted by molar-refractivity contribution is 14.1. The number of nitrogens with zero attached hydrogens (tertiary/aromatic N) is 4. The van der Waals surface area contributed by atoms with Crippen LogP contribution in [0.15, 0.2) is 12.1 Å². The third-order valence-corrected chi connectivity index (χ3v) is 6.51. The standard InChI is InChI=1S/C22H27F2IN6/c1-22(2,3)11-27-6-7-31-17(28-18-19(26)29-21(24)30-20(18)31)10-13-8-14-12(9-16(13)25)4-5-15(14)23/h8-9,15,27H,4-7,10-11H2,1-3H3,(H2,26,29,30). The molecule has 31 heavy (non-hydrogen) atoms. The number of rotatable bonds is 6. The Morgan fingerprint density at radius 1 is 1.26 bits per heavy atom. The maximum atomic E-state index is 14.3. The van der Waals surface area contributed by atoms with E-state index in [1.807, 2.05) is 10.6 Å². The Morgan fingerprint density at radius 2 is 2.03 bits per heavy atom. The van der Waals surface area contributed by atoms with E-state index in [-0.39, 0.29) is 11.2 Å². The van der Waals surface area contributed by atoms with Crippen LogP contribution in [0.2, 0.25) is 0 Å². The third kappa shape index (κ3) is 4.82. The molecule has 6 nitrogen and oxygen atoms in total. The minimum Gasteiger partial charge on any atom is -0.382 e. The number of aromatic nitrogens is 4. The van der Waals surface area contributed by atoms with Crippen LogP contribution in [0.4, 0.5) is 14.6 Å². The Balaban J connectivity index is 1.68. The first-order valence-corrected chi connectivity index (χ1v) is 11.5. The van der Waals surface area contributed by atoms with E-state index in [2.05, 4.69) is 69.7 Å². The van der Waals surface area contributed by atoms with Gasteiger partial charge in [0, 0.05) is 29.6 Å². The first-order chi connectivity index (χ1) is 14.6. The number of hydrogen-bond acceptors (Lipinski definition) is 5. The summed E-state index contributed by atoms with van der Waals surface area (Å²) in [7, 11) is 0. The molecule has 4 rings (SSSR count). The minimum atomic E-state index is -0.915. The molecular weight excluding hydrogens is 513 g/mol. The summed E-state index contributed by atoms with van der Waals surface area (Å²) in [6.07, 6.45) is 0.0121. The second kappa shape index (κ2) is 8.57. The van der Waals surface area contributed by atoms with Crippen molar-refractivity contribution >= 4 is 39.6 Å². The number of nitrogens with two attached hydrogens (primary N) is 1. The summed E-state index contributed by atoms with van der Waals surface area (Å²) in [5, 5.41) is 3.43. The summed E-state index contributed by atoms with van der Waals surface area (Å²) < 4.78 is 31.2. The van der Waals surface area contributed by atoms with E-state index < -0.39 is 12.2 Å². The lowest BCUT2D eigenvalue weighted by molar-refractivity contribution is 0.343. The SMILES string of the molecule is CC(C)(C)CNCCn1c(Cc2cc3c(cc2I)CCC3F)nc2c(N)nc(F)nc21. The molecule has 1 atom stereocenters. The fourth-order valence-electron chi connectivity index (χ4n) is 3.99. The van der Waals surface area contributed by atoms with Gasteiger partial charge in [-0.15, -0.1) is 0 Å². The molecule has 2 aromatic heterocycles. The van der Waals surface area contributed by atoms with Gasteiger partial charge in [0.1, 0.15) is 12.0 Å². The predicted molar refractivity (Wildman–Crippen MR) is 126 cm³/mol. The summed E-state index contributed by atoms with van der Waals surface area (Å²) in [5.74, 6) is 0.739. The van der Waals surface area contributed by atoms with Crippen LogP contribution < -0.4 is 11.1 Å². The minimum absolute atomic E-state index is 0.0256.